The Labute approximate surface area is 87.8 Å². The Morgan fingerprint density at radius 2 is 1.93 bits per heavy atom. The van der Waals surface area contributed by atoms with Crippen LogP contribution < -0.4 is 5.32 Å². The molecule has 5 nitrogen and oxygen atoms in total. The molecule has 0 aromatic carbocycles. The minimum absolute atomic E-state index is 0.221. The van der Waals surface area contributed by atoms with Gasteiger partial charge >= 0.3 is 0 Å². The van der Waals surface area contributed by atoms with E-state index in [2.05, 4.69) is 10.3 Å². The van der Waals surface area contributed by atoms with Crippen LogP contribution in [0, 0.1) is 0 Å². The molecule has 0 atom stereocenters. The summed E-state index contributed by atoms with van der Waals surface area (Å²) < 4.78 is 0. The largest absolute Gasteiger partial charge is 0.394 e. The van der Waals surface area contributed by atoms with E-state index in [0.717, 1.165) is 5.56 Å². The number of pyridine rings is 1. The predicted octanol–water partition coefficient (Wildman–Crippen LogP) is -0.907. The van der Waals surface area contributed by atoms with Crippen molar-refractivity contribution < 1.29 is 15.0 Å². The summed E-state index contributed by atoms with van der Waals surface area (Å²) in [6.45, 7) is -0.531. The Bertz CT molecular complexity index is 299. The van der Waals surface area contributed by atoms with E-state index in [4.69, 9.17) is 10.2 Å². The molecular formula is C10H14N2O3. The summed E-state index contributed by atoms with van der Waals surface area (Å²) in [6.07, 6.45) is 3.44. The van der Waals surface area contributed by atoms with Crippen molar-refractivity contribution in [3.05, 3.63) is 30.1 Å². The van der Waals surface area contributed by atoms with Gasteiger partial charge in [0.1, 0.15) is 0 Å². The van der Waals surface area contributed by atoms with Gasteiger partial charge in [-0.1, -0.05) is 0 Å². The highest BCUT2D eigenvalue weighted by Gasteiger charge is 2.09. The maximum absolute atomic E-state index is 11.4. The summed E-state index contributed by atoms with van der Waals surface area (Å²) in [6, 6.07) is 2.90. The SMILES string of the molecule is O=C(Cc1ccncc1)NC(CO)CO. The number of carbonyl (C=O) groups excluding carboxylic acids is 1. The molecule has 0 radical (unpaired) electrons. The zero-order valence-corrected chi connectivity index (χ0v) is 8.26. The van der Waals surface area contributed by atoms with E-state index in [-0.39, 0.29) is 25.5 Å². The third-order valence-corrected chi connectivity index (χ3v) is 1.92. The van der Waals surface area contributed by atoms with Gasteiger partial charge in [-0.15, -0.1) is 0 Å². The molecule has 0 aliphatic carbocycles. The van der Waals surface area contributed by atoms with Gasteiger partial charge in [-0.2, -0.15) is 0 Å². The van der Waals surface area contributed by atoms with Gasteiger partial charge in [-0.3, -0.25) is 9.78 Å². The molecule has 1 aromatic heterocycles. The average Bonchev–Trinajstić information content (AvgIpc) is 2.27. The zero-order chi connectivity index (χ0) is 11.1. The highest BCUT2D eigenvalue weighted by molar-refractivity contribution is 5.78. The molecule has 1 rings (SSSR count). The Kier molecular flexibility index (Phi) is 4.73. The quantitative estimate of drug-likeness (QED) is 0.588. The number of nitrogens with one attached hydrogen (secondary N) is 1. The van der Waals surface area contributed by atoms with E-state index < -0.39 is 6.04 Å². The highest BCUT2D eigenvalue weighted by atomic mass is 16.3. The Morgan fingerprint density at radius 3 is 2.47 bits per heavy atom. The summed E-state index contributed by atoms with van der Waals surface area (Å²) in [5, 5.41) is 20.0. The molecule has 0 bridgehead atoms. The first-order valence-electron chi connectivity index (χ1n) is 4.66. The van der Waals surface area contributed by atoms with Gasteiger partial charge in [0, 0.05) is 12.4 Å². The van der Waals surface area contributed by atoms with E-state index in [1.807, 2.05) is 0 Å². The number of hydrogen-bond donors (Lipinski definition) is 3. The second-order valence-corrected chi connectivity index (χ2v) is 3.16. The Balaban J connectivity index is 2.43. The number of amides is 1. The lowest BCUT2D eigenvalue weighted by Gasteiger charge is -2.12. The number of aromatic nitrogens is 1. The molecule has 1 amide bonds. The first-order valence-corrected chi connectivity index (χ1v) is 4.66. The standard InChI is InChI=1S/C10H14N2O3/c13-6-9(7-14)12-10(15)5-8-1-3-11-4-2-8/h1-4,9,13-14H,5-7H2,(H,12,15). The monoisotopic (exact) mass is 210 g/mol. The molecule has 5 heteroatoms. The summed E-state index contributed by atoms with van der Waals surface area (Å²) in [7, 11) is 0. The van der Waals surface area contributed by atoms with Gasteiger partial charge in [0.15, 0.2) is 0 Å². The van der Waals surface area contributed by atoms with Crippen molar-refractivity contribution in [1.82, 2.24) is 10.3 Å². The van der Waals surface area contributed by atoms with Crippen LogP contribution in [0.5, 0.6) is 0 Å². The predicted molar refractivity (Wildman–Crippen MR) is 54.0 cm³/mol. The van der Waals surface area contributed by atoms with Gasteiger partial charge < -0.3 is 15.5 Å². The van der Waals surface area contributed by atoms with Crippen LogP contribution in [-0.2, 0) is 11.2 Å². The van der Waals surface area contributed by atoms with Crippen molar-refractivity contribution in [2.45, 2.75) is 12.5 Å². The molecule has 3 N–H and O–H groups in total. The van der Waals surface area contributed by atoms with E-state index in [1.54, 1.807) is 24.5 Å². The Hall–Kier alpha value is -1.46. The molecular weight excluding hydrogens is 196 g/mol. The molecule has 0 aliphatic rings. The molecule has 0 aliphatic heterocycles. The number of aliphatic hydroxyl groups is 2. The topological polar surface area (TPSA) is 82.5 Å². The number of carbonyl (C=O) groups is 1. The van der Waals surface area contributed by atoms with Gasteiger partial charge in [0.05, 0.1) is 25.7 Å². The zero-order valence-electron chi connectivity index (χ0n) is 8.26. The summed E-state index contributed by atoms with van der Waals surface area (Å²) in [5.74, 6) is -0.227. The lowest BCUT2D eigenvalue weighted by Crippen LogP contribution is -2.40. The van der Waals surface area contributed by atoms with Crippen molar-refractivity contribution in [2.24, 2.45) is 0 Å². The summed E-state index contributed by atoms with van der Waals surface area (Å²) >= 11 is 0. The van der Waals surface area contributed by atoms with Gasteiger partial charge in [-0.05, 0) is 17.7 Å². The maximum Gasteiger partial charge on any atom is 0.224 e. The molecule has 1 heterocycles. The minimum Gasteiger partial charge on any atom is -0.394 e. The van der Waals surface area contributed by atoms with Crippen molar-refractivity contribution in [2.75, 3.05) is 13.2 Å². The van der Waals surface area contributed by atoms with Crippen LogP contribution in [0.3, 0.4) is 0 Å². The minimum atomic E-state index is -0.584. The number of nitrogens with zero attached hydrogens (tertiary/aromatic N) is 1. The summed E-state index contributed by atoms with van der Waals surface area (Å²) in [5.41, 5.74) is 0.845. The van der Waals surface area contributed by atoms with Crippen LogP contribution in [-0.4, -0.2) is 40.4 Å². The fourth-order valence-corrected chi connectivity index (χ4v) is 1.11. The van der Waals surface area contributed by atoms with Crippen LogP contribution in [0.1, 0.15) is 5.56 Å². The van der Waals surface area contributed by atoms with Crippen LogP contribution in [0.25, 0.3) is 0 Å². The van der Waals surface area contributed by atoms with Gasteiger partial charge in [0.2, 0.25) is 5.91 Å². The van der Waals surface area contributed by atoms with Gasteiger partial charge in [-0.25, -0.2) is 0 Å². The third-order valence-electron chi connectivity index (χ3n) is 1.92. The molecule has 15 heavy (non-hydrogen) atoms. The Morgan fingerprint density at radius 1 is 1.33 bits per heavy atom. The molecule has 0 saturated carbocycles. The average molecular weight is 210 g/mol. The first-order chi connectivity index (χ1) is 7.26. The van der Waals surface area contributed by atoms with Crippen LogP contribution in [0.2, 0.25) is 0 Å². The molecule has 0 spiro atoms. The van der Waals surface area contributed by atoms with Gasteiger partial charge in [0.25, 0.3) is 0 Å². The van der Waals surface area contributed by atoms with Crippen LogP contribution in [0.4, 0.5) is 0 Å². The molecule has 82 valence electrons. The second-order valence-electron chi connectivity index (χ2n) is 3.16. The normalized spacial score (nSPS) is 10.3. The van der Waals surface area contributed by atoms with E-state index in [9.17, 15) is 4.79 Å². The van der Waals surface area contributed by atoms with E-state index in [1.165, 1.54) is 0 Å². The van der Waals surface area contributed by atoms with Crippen molar-refractivity contribution >= 4 is 5.91 Å². The molecule has 0 saturated heterocycles. The molecule has 0 unspecified atom stereocenters. The van der Waals surface area contributed by atoms with Crippen LogP contribution >= 0.6 is 0 Å². The molecule has 0 fully saturated rings. The number of hydrogen-bond acceptors (Lipinski definition) is 4. The summed E-state index contributed by atoms with van der Waals surface area (Å²) in [4.78, 5) is 15.2. The van der Waals surface area contributed by atoms with E-state index >= 15 is 0 Å². The fraction of sp³-hybridized carbons (Fsp3) is 0.400. The van der Waals surface area contributed by atoms with Crippen molar-refractivity contribution in [3.8, 4) is 0 Å². The first kappa shape index (κ1) is 11.6. The molecule has 1 aromatic rings. The number of aliphatic hydroxyl groups excluding tert-OH is 2. The number of rotatable bonds is 5. The third kappa shape index (κ3) is 4.05. The fourth-order valence-electron chi connectivity index (χ4n) is 1.11. The highest BCUT2D eigenvalue weighted by Crippen LogP contribution is 1.97. The lowest BCUT2D eigenvalue weighted by molar-refractivity contribution is -0.121. The van der Waals surface area contributed by atoms with Crippen molar-refractivity contribution in [3.63, 3.8) is 0 Å². The van der Waals surface area contributed by atoms with Crippen molar-refractivity contribution in [1.29, 1.82) is 0 Å². The maximum atomic E-state index is 11.4. The lowest BCUT2D eigenvalue weighted by atomic mass is 10.2. The smallest absolute Gasteiger partial charge is 0.224 e. The second kappa shape index (κ2) is 6.10. The van der Waals surface area contributed by atoms with Crippen LogP contribution in [0.15, 0.2) is 24.5 Å². The van der Waals surface area contributed by atoms with E-state index in [0.29, 0.717) is 0 Å².